The van der Waals surface area contributed by atoms with E-state index in [1.807, 2.05) is 63.2 Å². The number of amides is 1. The van der Waals surface area contributed by atoms with Crippen molar-refractivity contribution < 1.29 is 17.9 Å². The van der Waals surface area contributed by atoms with E-state index in [9.17, 15) is 13.2 Å². The van der Waals surface area contributed by atoms with Gasteiger partial charge in [0.2, 0.25) is 10.0 Å². The molecule has 0 saturated carbocycles. The van der Waals surface area contributed by atoms with Crippen LogP contribution in [-0.4, -0.2) is 27.7 Å². The lowest BCUT2D eigenvalue weighted by atomic mass is 10.1. The third-order valence-electron chi connectivity index (χ3n) is 5.53. The van der Waals surface area contributed by atoms with E-state index in [2.05, 4.69) is 5.32 Å². The second kappa shape index (κ2) is 10.1. The van der Waals surface area contributed by atoms with Gasteiger partial charge in [-0.2, -0.15) is 0 Å². The Hall–Kier alpha value is -3.32. The van der Waals surface area contributed by atoms with Gasteiger partial charge in [0.05, 0.1) is 31.6 Å². The number of methoxy groups -OCH3 is 1. The molecule has 0 radical (unpaired) electrons. The van der Waals surface area contributed by atoms with Gasteiger partial charge in [0.1, 0.15) is 5.75 Å². The van der Waals surface area contributed by atoms with Crippen LogP contribution >= 0.6 is 0 Å². The summed E-state index contributed by atoms with van der Waals surface area (Å²) in [5.41, 5.74) is 4.70. The van der Waals surface area contributed by atoms with E-state index in [1.54, 1.807) is 31.4 Å². The first-order valence-electron chi connectivity index (χ1n) is 10.7. The van der Waals surface area contributed by atoms with Gasteiger partial charge in [0.15, 0.2) is 0 Å². The van der Waals surface area contributed by atoms with Gasteiger partial charge in [-0.15, -0.1) is 0 Å². The van der Waals surface area contributed by atoms with Crippen LogP contribution in [0, 0.1) is 13.8 Å². The van der Waals surface area contributed by atoms with Crippen LogP contribution < -0.4 is 14.4 Å². The van der Waals surface area contributed by atoms with E-state index in [-0.39, 0.29) is 18.5 Å². The fourth-order valence-corrected chi connectivity index (χ4v) is 4.62. The number of benzene rings is 3. The van der Waals surface area contributed by atoms with Gasteiger partial charge in [-0.3, -0.25) is 9.10 Å². The van der Waals surface area contributed by atoms with E-state index in [1.165, 1.54) is 10.6 Å². The van der Waals surface area contributed by atoms with Crippen LogP contribution in [0.2, 0.25) is 0 Å². The molecule has 174 valence electrons. The van der Waals surface area contributed by atoms with Crippen molar-refractivity contribution in [2.75, 3.05) is 17.7 Å². The van der Waals surface area contributed by atoms with Crippen molar-refractivity contribution in [2.24, 2.45) is 0 Å². The van der Waals surface area contributed by atoms with Crippen LogP contribution in [0.1, 0.15) is 45.6 Å². The van der Waals surface area contributed by atoms with Crippen molar-refractivity contribution in [2.45, 2.75) is 33.4 Å². The molecule has 0 aliphatic heterocycles. The highest BCUT2D eigenvalue weighted by molar-refractivity contribution is 7.92. The molecule has 33 heavy (non-hydrogen) atoms. The van der Waals surface area contributed by atoms with E-state index < -0.39 is 10.0 Å². The number of carbonyl (C=O) groups excluding carboxylic acids is 1. The number of nitrogens with zero attached hydrogens (tertiary/aromatic N) is 1. The van der Waals surface area contributed by atoms with Crippen molar-refractivity contribution in [3.05, 3.63) is 94.5 Å². The summed E-state index contributed by atoms with van der Waals surface area (Å²) >= 11 is 0. The van der Waals surface area contributed by atoms with Crippen LogP contribution in [0.25, 0.3) is 0 Å². The monoisotopic (exact) mass is 466 g/mol. The maximum atomic E-state index is 12.8. The number of aryl methyl sites for hydroxylation is 2. The summed E-state index contributed by atoms with van der Waals surface area (Å²) in [6.07, 6.45) is 1.20. The SMILES string of the molecule is COc1ccccc1C(C)NC(=O)c1ccc(CN(c2cc(C)ccc2C)S(C)(=O)=O)cc1. The Kier molecular flexibility index (Phi) is 7.43. The van der Waals surface area contributed by atoms with E-state index in [0.717, 1.165) is 22.3 Å². The number of hydrogen-bond donors (Lipinski definition) is 1. The number of rotatable bonds is 8. The van der Waals surface area contributed by atoms with E-state index in [0.29, 0.717) is 17.0 Å². The minimum Gasteiger partial charge on any atom is -0.496 e. The Morgan fingerprint density at radius 2 is 1.70 bits per heavy atom. The van der Waals surface area contributed by atoms with Crippen molar-refractivity contribution in [1.29, 1.82) is 0 Å². The molecule has 0 aliphatic rings. The average Bonchev–Trinajstić information content (AvgIpc) is 2.78. The van der Waals surface area contributed by atoms with Crippen molar-refractivity contribution in [3.63, 3.8) is 0 Å². The third-order valence-corrected chi connectivity index (χ3v) is 6.66. The molecular weight excluding hydrogens is 436 g/mol. The number of hydrogen-bond acceptors (Lipinski definition) is 4. The lowest BCUT2D eigenvalue weighted by Crippen LogP contribution is -2.30. The summed E-state index contributed by atoms with van der Waals surface area (Å²) in [5.74, 6) is 0.502. The summed E-state index contributed by atoms with van der Waals surface area (Å²) in [4.78, 5) is 12.8. The van der Waals surface area contributed by atoms with Gasteiger partial charge in [0, 0.05) is 11.1 Å². The summed E-state index contributed by atoms with van der Waals surface area (Å²) in [6.45, 7) is 5.91. The van der Waals surface area contributed by atoms with Crippen LogP contribution in [0.3, 0.4) is 0 Å². The largest absolute Gasteiger partial charge is 0.496 e. The summed E-state index contributed by atoms with van der Waals surface area (Å²) < 4.78 is 31.8. The lowest BCUT2D eigenvalue weighted by Gasteiger charge is -2.25. The molecule has 7 heteroatoms. The topological polar surface area (TPSA) is 75.7 Å². The second-order valence-electron chi connectivity index (χ2n) is 8.19. The highest BCUT2D eigenvalue weighted by Gasteiger charge is 2.20. The minimum atomic E-state index is -3.49. The fourth-order valence-electron chi connectivity index (χ4n) is 3.68. The van der Waals surface area contributed by atoms with Gasteiger partial charge < -0.3 is 10.1 Å². The lowest BCUT2D eigenvalue weighted by molar-refractivity contribution is 0.0939. The normalized spacial score (nSPS) is 12.2. The quantitative estimate of drug-likeness (QED) is 0.519. The third kappa shape index (κ3) is 5.93. The summed E-state index contributed by atoms with van der Waals surface area (Å²) in [6, 6.07) is 20.1. The maximum Gasteiger partial charge on any atom is 0.251 e. The van der Waals surface area contributed by atoms with E-state index >= 15 is 0 Å². The van der Waals surface area contributed by atoms with Crippen LogP contribution in [0.5, 0.6) is 5.75 Å². The number of ether oxygens (including phenoxy) is 1. The maximum absolute atomic E-state index is 12.8. The van der Waals surface area contributed by atoms with E-state index in [4.69, 9.17) is 4.74 Å². The van der Waals surface area contributed by atoms with Crippen LogP contribution in [0.4, 0.5) is 5.69 Å². The molecule has 3 aromatic carbocycles. The molecule has 1 N–H and O–H groups in total. The Balaban J connectivity index is 1.77. The number of sulfonamides is 1. The molecule has 1 atom stereocenters. The Morgan fingerprint density at radius 1 is 1.03 bits per heavy atom. The Bertz CT molecular complexity index is 1240. The minimum absolute atomic E-state index is 0.183. The Morgan fingerprint density at radius 3 is 2.33 bits per heavy atom. The fraction of sp³-hybridized carbons (Fsp3) is 0.269. The molecule has 1 unspecified atom stereocenters. The zero-order chi connectivity index (χ0) is 24.2. The zero-order valence-electron chi connectivity index (χ0n) is 19.6. The van der Waals surface area contributed by atoms with Crippen molar-refractivity contribution >= 4 is 21.6 Å². The van der Waals surface area contributed by atoms with Crippen molar-refractivity contribution in [3.8, 4) is 5.75 Å². The standard InChI is InChI=1S/C26H30N2O4S/c1-18-10-11-19(2)24(16-18)28(33(5,30)31)17-21-12-14-22(15-13-21)26(29)27-20(3)23-8-6-7-9-25(23)32-4/h6-16,20H,17H2,1-5H3,(H,27,29). The van der Waals surface area contributed by atoms with Gasteiger partial charge in [-0.25, -0.2) is 8.42 Å². The molecule has 0 heterocycles. The first-order valence-corrected chi connectivity index (χ1v) is 12.5. The number of anilines is 1. The summed E-state index contributed by atoms with van der Waals surface area (Å²) in [5, 5.41) is 2.99. The predicted molar refractivity (Wildman–Crippen MR) is 132 cm³/mol. The van der Waals surface area contributed by atoms with Crippen LogP contribution in [0.15, 0.2) is 66.7 Å². The molecule has 0 aliphatic carbocycles. The van der Waals surface area contributed by atoms with Gasteiger partial charge in [-0.1, -0.05) is 42.5 Å². The highest BCUT2D eigenvalue weighted by atomic mass is 32.2. The second-order valence-corrected chi connectivity index (χ2v) is 10.1. The zero-order valence-corrected chi connectivity index (χ0v) is 20.4. The molecule has 3 aromatic rings. The molecule has 0 bridgehead atoms. The molecule has 0 fully saturated rings. The van der Waals surface area contributed by atoms with Crippen LogP contribution in [-0.2, 0) is 16.6 Å². The highest BCUT2D eigenvalue weighted by Crippen LogP contribution is 2.27. The van der Waals surface area contributed by atoms with Gasteiger partial charge >= 0.3 is 0 Å². The molecule has 1 amide bonds. The predicted octanol–water partition coefficient (Wildman–Crippen LogP) is 4.77. The molecule has 3 rings (SSSR count). The number of carbonyl (C=O) groups is 1. The first-order chi connectivity index (χ1) is 15.6. The number of para-hydroxylation sites is 1. The van der Waals surface area contributed by atoms with Gasteiger partial charge in [-0.05, 0) is 61.7 Å². The average molecular weight is 467 g/mol. The molecule has 0 saturated heterocycles. The smallest absolute Gasteiger partial charge is 0.251 e. The van der Waals surface area contributed by atoms with Crippen molar-refractivity contribution in [1.82, 2.24) is 5.32 Å². The summed E-state index contributed by atoms with van der Waals surface area (Å²) in [7, 11) is -1.89. The molecular formula is C26H30N2O4S. The first kappa shape index (κ1) is 24.3. The number of nitrogens with one attached hydrogen (secondary N) is 1. The molecule has 0 aromatic heterocycles. The molecule has 0 spiro atoms. The molecule has 6 nitrogen and oxygen atoms in total. The Labute approximate surface area is 196 Å². The van der Waals surface area contributed by atoms with Gasteiger partial charge in [0.25, 0.3) is 5.91 Å².